The van der Waals surface area contributed by atoms with Crippen LogP contribution >= 0.6 is 0 Å². The van der Waals surface area contributed by atoms with Gasteiger partial charge < -0.3 is 11.1 Å². The molecule has 0 aliphatic rings. The smallest absolute Gasteiger partial charge is 0.274 e. The van der Waals surface area contributed by atoms with Crippen molar-refractivity contribution in [2.24, 2.45) is 5.73 Å². The zero-order chi connectivity index (χ0) is 12.1. The van der Waals surface area contributed by atoms with Gasteiger partial charge in [0.05, 0.1) is 16.2 Å². The number of rotatable bonds is 4. The molecule has 6 heteroatoms. The number of carbonyl (C=O) groups excluding carboxylic acids is 1. The van der Waals surface area contributed by atoms with Crippen molar-refractivity contribution in [3.05, 3.63) is 33.9 Å². The maximum Gasteiger partial charge on any atom is 0.274 e. The molecule has 16 heavy (non-hydrogen) atoms. The number of hydrogen-bond donors (Lipinski definition) is 2. The van der Waals surface area contributed by atoms with Crippen LogP contribution in [0, 0.1) is 17.0 Å². The number of nitro benzene ring substituents is 1. The Morgan fingerprint density at radius 3 is 2.81 bits per heavy atom. The molecule has 0 saturated carbocycles. The lowest BCUT2D eigenvalue weighted by molar-refractivity contribution is -0.385. The Labute approximate surface area is 92.6 Å². The van der Waals surface area contributed by atoms with E-state index in [1.54, 1.807) is 13.0 Å². The standard InChI is InChI=1S/C10H13N3O3/c1-7-8(12-10(14)5-6-11)3-2-4-9(7)13(15)16/h2-4H,5-6,11H2,1H3,(H,12,14). The molecule has 6 nitrogen and oxygen atoms in total. The second-order valence-corrected chi connectivity index (χ2v) is 3.29. The van der Waals surface area contributed by atoms with Gasteiger partial charge in [0.2, 0.25) is 5.91 Å². The predicted octanol–water partition coefficient (Wildman–Crippen LogP) is 1.19. The summed E-state index contributed by atoms with van der Waals surface area (Å²) >= 11 is 0. The highest BCUT2D eigenvalue weighted by Crippen LogP contribution is 2.24. The van der Waals surface area contributed by atoms with Crippen LogP contribution in [0.5, 0.6) is 0 Å². The van der Waals surface area contributed by atoms with E-state index in [1.807, 2.05) is 0 Å². The van der Waals surface area contributed by atoms with Gasteiger partial charge in [-0.3, -0.25) is 14.9 Å². The van der Waals surface area contributed by atoms with Crippen LogP contribution in [0.25, 0.3) is 0 Å². The molecule has 0 aliphatic carbocycles. The Bertz CT molecular complexity index is 418. The second kappa shape index (κ2) is 5.22. The summed E-state index contributed by atoms with van der Waals surface area (Å²) in [7, 11) is 0. The summed E-state index contributed by atoms with van der Waals surface area (Å²) < 4.78 is 0. The Kier molecular flexibility index (Phi) is 3.96. The summed E-state index contributed by atoms with van der Waals surface area (Å²) in [6.07, 6.45) is 0.197. The fourth-order valence-electron chi connectivity index (χ4n) is 1.30. The third-order valence-electron chi connectivity index (χ3n) is 2.15. The van der Waals surface area contributed by atoms with Crippen molar-refractivity contribution < 1.29 is 9.72 Å². The summed E-state index contributed by atoms with van der Waals surface area (Å²) in [5.41, 5.74) is 6.12. The lowest BCUT2D eigenvalue weighted by Gasteiger charge is -2.07. The summed E-state index contributed by atoms with van der Waals surface area (Å²) in [4.78, 5) is 21.5. The van der Waals surface area contributed by atoms with Gasteiger partial charge in [-0.2, -0.15) is 0 Å². The van der Waals surface area contributed by atoms with Gasteiger partial charge in [-0.05, 0) is 13.0 Å². The first kappa shape index (κ1) is 12.1. The van der Waals surface area contributed by atoms with Crippen LogP contribution in [0.2, 0.25) is 0 Å². The van der Waals surface area contributed by atoms with Crippen LogP contribution in [0.4, 0.5) is 11.4 Å². The van der Waals surface area contributed by atoms with Crippen LogP contribution in [0.15, 0.2) is 18.2 Å². The van der Waals surface area contributed by atoms with Crippen LogP contribution in [-0.2, 0) is 4.79 Å². The lowest BCUT2D eigenvalue weighted by Crippen LogP contribution is -2.16. The molecule has 3 N–H and O–H groups in total. The molecule has 0 bridgehead atoms. The topological polar surface area (TPSA) is 98.3 Å². The quantitative estimate of drug-likeness (QED) is 0.591. The molecule has 1 aromatic carbocycles. The summed E-state index contributed by atoms with van der Waals surface area (Å²) in [5, 5.41) is 13.2. The molecule has 0 aliphatic heterocycles. The third-order valence-corrected chi connectivity index (χ3v) is 2.15. The van der Waals surface area contributed by atoms with E-state index in [2.05, 4.69) is 5.32 Å². The van der Waals surface area contributed by atoms with Crippen molar-refractivity contribution in [1.82, 2.24) is 0 Å². The molecule has 0 fully saturated rings. The van der Waals surface area contributed by atoms with E-state index < -0.39 is 4.92 Å². The molecule has 0 heterocycles. The molecule has 1 rings (SSSR count). The second-order valence-electron chi connectivity index (χ2n) is 3.29. The van der Waals surface area contributed by atoms with Crippen LogP contribution in [0.3, 0.4) is 0 Å². The molecular weight excluding hydrogens is 210 g/mol. The summed E-state index contributed by atoms with van der Waals surface area (Å²) in [6.45, 7) is 1.84. The van der Waals surface area contributed by atoms with E-state index in [9.17, 15) is 14.9 Å². The van der Waals surface area contributed by atoms with Crippen molar-refractivity contribution in [2.45, 2.75) is 13.3 Å². The number of amides is 1. The fourth-order valence-corrected chi connectivity index (χ4v) is 1.30. The SMILES string of the molecule is Cc1c(NC(=O)CCN)cccc1[N+](=O)[O-]. The van der Waals surface area contributed by atoms with E-state index >= 15 is 0 Å². The monoisotopic (exact) mass is 223 g/mol. The van der Waals surface area contributed by atoms with Gasteiger partial charge in [0.1, 0.15) is 0 Å². The third kappa shape index (κ3) is 2.77. The average molecular weight is 223 g/mol. The largest absolute Gasteiger partial charge is 0.330 e. The predicted molar refractivity (Wildman–Crippen MR) is 60.1 cm³/mol. The molecule has 1 amide bonds. The first-order chi connectivity index (χ1) is 7.56. The Morgan fingerprint density at radius 2 is 2.25 bits per heavy atom. The number of hydrogen-bond acceptors (Lipinski definition) is 4. The zero-order valence-corrected chi connectivity index (χ0v) is 8.90. The number of nitrogens with zero attached hydrogens (tertiary/aromatic N) is 1. The highest BCUT2D eigenvalue weighted by molar-refractivity contribution is 5.92. The van der Waals surface area contributed by atoms with Gasteiger partial charge in [-0.15, -0.1) is 0 Å². The highest BCUT2D eigenvalue weighted by atomic mass is 16.6. The van der Waals surface area contributed by atoms with E-state index in [-0.39, 0.29) is 24.6 Å². The minimum atomic E-state index is -0.478. The molecule has 0 radical (unpaired) electrons. The van der Waals surface area contributed by atoms with E-state index in [0.717, 1.165) is 0 Å². The van der Waals surface area contributed by atoms with Crippen molar-refractivity contribution in [3.63, 3.8) is 0 Å². The minimum Gasteiger partial charge on any atom is -0.330 e. The molecule has 0 unspecified atom stereocenters. The number of nitro groups is 1. The molecule has 0 spiro atoms. The van der Waals surface area contributed by atoms with Crippen LogP contribution in [0.1, 0.15) is 12.0 Å². The first-order valence-electron chi connectivity index (χ1n) is 4.80. The molecule has 0 aromatic heterocycles. The van der Waals surface area contributed by atoms with Crippen molar-refractivity contribution in [3.8, 4) is 0 Å². The fraction of sp³-hybridized carbons (Fsp3) is 0.300. The van der Waals surface area contributed by atoms with E-state index in [4.69, 9.17) is 5.73 Å². The van der Waals surface area contributed by atoms with Gasteiger partial charge >= 0.3 is 0 Å². The maximum absolute atomic E-state index is 11.3. The van der Waals surface area contributed by atoms with Crippen LogP contribution < -0.4 is 11.1 Å². The Morgan fingerprint density at radius 1 is 1.56 bits per heavy atom. The molecule has 1 aromatic rings. The van der Waals surface area contributed by atoms with Gasteiger partial charge in [0, 0.05) is 19.0 Å². The first-order valence-corrected chi connectivity index (χ1v) is 4.80. The normalized spacial score (nSPS) is 9.88. The lowest BCUT2D eigenvalue weighted by atomic mass is 10.1. The van der Waals surface area contributed by atoms with Gasteiger partial charge in [0.25, 0.3) is 5.69 Å². The van der Waals surface area contributed by atoms with E-state index in [0.29, 0.717) is 11.3 Å². The Balaban J connectivity index is 2.93. The average Bonchev–Trinajstić information content (AvgIpc) is 2.21. The Hall–Kier alpha value is -1.95. The van der Waals surface area contributed by atoms with E-state index in [1.165, 1.54) is 12.1 Å². The number of nitrogens with two attached hydrogens (primary N) is 1. The molecule has 86 valence electrons. The molecule has 0 saturated heterocycles. The number of benzene rings is 1. The summed E-state index contributed by atoms with van der Waals surface area (Å²) in [6, 6.07) is 4.55. The highest BCUT2D eigenvalue weighted by Gasteiger charge is 2.14. The van der Waals surface area contributed by atoms with Crippen molar-refractivity contribution in [1.29, 1.82) is 0 Å². The molecular formula is C10H13N3O3. The number of anilines is 1. The molecule has 0 atom stereocenters. The van der Waals surface area contributed by atoms with Crippen LogP contribution in [-0.4, -0.2) is 17.4 Å². The summed E-state index contributed by atoms with van der Waals surface area (Å²) in [5.74, 6) is -0.244. The van der Waals surface area contributed by atoms with Gasteiger partial charge in [-0.25, -0.2) is 0 Å². The minimum absolute atomic E-state index is 0.00875. The maximum atomic E-state index is 11.3. The number of nitrogens with one attached hydrogen (secondary N) is 1. The zero-order valence-electron chi connectivity index (χ0n) is 8.90. The van der Waals surface area contributed by atoms with Gasteiger partial charge in [0.15, 0.2) is 0 Å². The van der Waals surface area contributed by atoms with Crippen molar-refractivity contribution in [2.75, 3.05) is 11.9 Å². The van der Waals surface area contributed by atoms with Crippen molar-refractivity contribution >= 4 is 17.3 Å². The van der Waals surface area contributed by atoms with Gasteiger partial charge in [-0.1, -0.05) is 6.07 Å². The number of carbonyl (C=O) groups is 1.